The van der Waals surface area contributed by atoms with Crippen molar-refractivity contribution in [3.8, 4) is 22.3 Å². The lowest BCUT2D eigenvalue weighted by molar-refractivity contribution is 0.513. The van der Waals surface area contributed by atoms with Crippen molar-refractivity contribution in [1.82, 2.24) is 0 Å². The Labute approximate surface area is 138 Å². The first-order valence-electron chi connectivity index (χ1n) is 7.13. The van der Waals surface area contributed by atoms with E-state index in [-0.39, 0.29) is 11.4 Å². The summed E-state index contributed by atoms with van der Waals surface area (Å²) in [5.74, 6) is -0.268. The second-order valence-electron chi connectivity index (χ2n) is 5.19. The average molecular weight is 326 g/mol. The van der Waals surface area contributed by atoms with Crippen LogP contribution < -0.4 is 5.63 Å². The highest BCUT2D eigenvalue weighted by Gasteiger charge is 2.13. The van der Waals surface area contributed by atoms with E-state index in [9.17, 15) is 9.18 Å². The molecule has 0 unspecified atom stereocenters. The highest BCUT2D eigenvalue weighted by Crippen LogP contribution is 2.35. The maximum Gasteiger partial charge on any atom is 0.343 e. The van der Waals surface area contributed by atoms with Crippen LogP contribution in [-0.4, -0.2) is 6.26 Å². The molecule has 2 aromatic carbocycles. The normalized spacial score (nSPS) is 10.7. The quantitative estimate of drug-likeness (QED) is 0.624. The Morgan fingerprint density at radius 2 is 1.74 bits per heavy atom. The van der Waals surface area contributed by atoms with E-state index in [0.29, 0.717) is 5.56 Å². The predicted molar refractivity (Wildman–Crippen MR) is 92.3 cm³/mol. The number of halogens is 1. The summed E-state index contributed by atoms with van der Waals surface area (Å²) in [7, 11) is 0. The first-order valence-corrected chi connectivity index (χ1v) is 8.35. The van der Waals surface area contributed by atoms with Crippen LogP contribution in [0.3, 0.4) is 0 Å². The third kappa shape index (κ3) is 3.08. The molecule has 4 heteroatoms. The van der Waals surface area contributed by atoms with E-state index < -0.39 is 0 Å². The highest BCUT2D eigenvalue weighted by molar-refractivity contribution is 7.98. The van der Waals surface area contributed by atoms with Gasteiger partial charge < -0.3 is 4.42 Å². The third-order valence-corrected chi connectivity index (χ3v) is 4.51. The maximum absolute atomic E-state index is 13.2. The molecule has 0 bridgehead atoms. The molecule has 0 spiro atoms. The standard InChI is InChI=1S/C19H15FO2S/c1-12-10-18(23-2)17(13-5-7-14(20)8-6-13)11-16(12)15-4-3-9-22-19(15)21/h3-11H,1-2H3. The molecule has 0 aliphatic heterocycles. The molecule has 23 heavy (non-hydrogen) atoms. The van der Waals surface area contributed by atoms with Crippen LogP contribution >= 0.6 is 11.8 Å². The van der Waals surface area contributed by atoms with Crippen LogP contribution in [0.15, 0.2) is 68.9 Å². The van der Waals surface area contributed by atoms with E-state index in [1.54, 1.807) is 36.0 Å². The fourth-order valence-electron chi connectivity index (χ4n) is 2.56. The Balaban J connectivity index is 2.24. The molecule has 0 radical (unpaired) electrons. The monoisotopic (exact) mass is 326 g/mol. The molecule has 0 atom stereocenters. The van der Waals surface area contributed by atoms with Crippen molar-refractivity contribution in [3.05, 3.63) is 76.6 Å². The Morgan fingerprint density at radius 1 is 1.00 bits per heavy atom. The molecule has 0 amide bonds. The van der Waals surface area contributed by atoms with Gasteiger partial charge in [-0.3, -0.25) is 0 Å². The molecular weight excluding hydrogens is 311 g/mol. The third-order valence-electron chi connectivity index (χ3n) is 3.73. The zero-order valence-electron chi connectivity index (χ0n) is 12.8. The van der Waals surface area contributed by atoms with Crippen LogP contribution in [0.2, 0.25) is 0 Å². The molecule has 3 aromatic rings. The minimum Gasteiger partial charge on any atom is -0.431 e. The highest BCUT2D eigenvalue weighted by atomic mass is 32.2. The number of thioether (sulfide) groups is 1. The maximum atomic E-state index is 13.2. The SMILES string of the molecule is CSc1cc(C)c(-c2cccoc2=O)cc1-c1ccc(F)cc1. The Morgan fingerprint density at radius 3 is 2.39 bits per heavy atom. The number of hydrogen-bond donors (Lipinski definition) is 0. The molecule has 1 aromatic heterocycles. The molecule has 0 saturated carbocycles. The number of hydrogen-bond acceptors (Lipinski definition) is 3. The summed E-state index contributed by atoms with van der Waals surface area (Å²) < 4.78 is 18.2. The van der Waals surface area contributed by atoms with E-state index in [1.165, 1.54) is 18.4 Å². The van der Waals surface area contributed by atoms with E-state index in [1.807, 2.05) is 25.3 Å². The number of rotatable bonds is 3. The van der Waals surface area contributed by atoms with Gasteiger partial charge in [-0.2, -0.15) is 0 Å². The number of aryl methyl sites for hydroxylation is 1. The van der Waals surface area contributed by atoms with Gasteiger partial charge in [0.1, 0.15) is 5.82 Å². The van der Waals surface area contributed by atoms with Gasteiger partial charge >= 0.3 is 5.63 Å². The van der Waals surface area contributed by atoms with Crippen molar-refractivity contribution >= 4 is 11.8 Å². The van der Waals surface area contributed by atoms with Gasteiger partial charge in [0.05, 0.1) is 11.8 Å². The average Bonchev–Trinajstić information content (AvgIpc) is 2.56. The van der Waals surface area contributed by atoms with Crippen molar-refractivity contribution in [3.63, 3.8) is 0 Å². The van der Waals surface area contributed by atoms with Crippen molar-refractivity contribution in [2.24, 2.45) is 0 Å². The molecule has 0 N–H and O–H groups in total. The molecule has 0 fully saturated rings. The fourth-order valence-corrected chi connectivity index (χ4v) is 3.25. The molecule has 1 heterocycles. The second kappa shape index (κ2) is 6.42. The van der Waals surface area contributed by atoms with Crippen molar-refractivity contribution in [2.75, 3.05) is 6.26 Å². The van der Waals surface area contributed by atoms with Crippen LogP contribution in [0.4, 0.5) is 4.39 Å². The minimum absolute atomic E-state index is 0.268. The zero-order chi connectivity index (χ0) is 16.4. The summed E-state index contributed by atoms with van der Waals surface area (Å²) in [6, 6.07) is 13.9. The predicted octanol–water partition coefficient (Wildman–Crippen LogP) is 5.14. The first-order chi connectivity index (χ1) is 11.1. The molecule has 2 nitrogen and oxygen atoms in total. The molecule has 0 saturated heterocycles. The lowest BCUT2D eigenvalue weighted by Gasteiger charge is -2.13. The van der Waals surface area contributed by atoms with E-state index in [0.717, 1.165) is 27.1 Å². The fraction of sp³-hybridized carbons (Fsp3) is 0.105. The number of benzene rings is 2. The topological polar surface area (TPSA) is 30.2 Å². The lowest BCUT2D eigenvalue weighted by atomic mass is 9.96. The smallest absolute Gasteiger partial charge is 0.343 e. The molecule has 0 aliphatic rings. The van der Waals surface area contributed by atoms with Crippen LogP contribution in [0.5, 0.6) is 0 Å². The van der Waals surface area contributed by atoms with Gasteiger partial charge in [-0.05, 0) is 71.8 Å². The van der Waals surface area contributed by atoms with Gasteiger partial charge in [-0.1, -0.05) is 12.1 Å². The van der Waals surface area contributed by atoms with E-state index in [2.05, 4.69) is 0 Å². The van der Waals surface area contributed by atoms with Gasteiger partial charge in [0.2, 0.25) is 0 Å². The van der Waals surface area contributed by atoms with Crippen LogP contribution in [-0.2, 0) is 0 Å². The summed E-state index contributed by atoms with van der Waals surface area (Å²) in [5.41, 5.74) is 3.88. The molecule has 0 aliphatic carbocycles. The van der Waals surface area contributed by atoms with E-state index in [4.69, 9.17) is 4.42 Å². The first kappa shape index (κ1) is 15.6. The summed E-state index contributed by atoms with van der Waals surface area (Å²) in [6.45, 7) is 1.97. The second-order valence-corrected chi connectivity index (χ2v) is 6.04. The molecule has 3 rings (SSSR count). The Kier molecular flexibility index (Phi) is 4.35. The molecular formula is C19H15FO2S. The van der Waals surface area contributed by atoms with Crippen LogP contribution in [0.1, 0.15) is 5.56 Å². The van der Waals surface area contributed by atoms with Crippen molar-refractivity contribution in [1.29, 1.82) is 0 Å². The van der Waals surface area contributed by atoms with Gasteiger partial charge in [0.15, 0.2) is 0 Å². The van der Waals surface area contributed by atoms with Crippen LogP contribution in [0.25, 0.3) is 22.3 Å². The largest absolute Gasteiger partial charge is 0.431 e. The van der Waals surface area contributed by atoms with Crippen LogP contribution in [0, 0.1) is 12.7 Å². The summed E-state index contributed by atoms with van der Waals surface area (Å²) in [4.78, 5) is 13.1. The molecule has 116 valence electrons. The Bertz CT molecular complexity index is 898. The van der Waals surface area contributed by atoms with Gasteiger partial charge in [0.25, 0.3) is 0 Å². The Hall–Kier alpha value is -2.33. The minimum atomic E-state index is -0.363. The van der Waals surface area contributed by atoms with Crippen molar-refractivity contribution < 1.29 is 8.81 Å². The van der Waals surface area contributed by atoms with Crippen molar-refractivity contribution in [2.45, 2.75) is 11.8 Å². The summed E-state index contributed by atoms with van der Waals surface area (Å²) in [5, 5.41) is 0. The van der Waals surface area contributed by atoms with Gasteiger partial charge in [-0.25, -0.2) is 9.18 Å². The summed E-state index contributed by atoms with van der Waals surface area (Å²) >= 11 is 1.62. The van der Waals surface area contributed by atoms with E-state index >= 15 is 0 Å². The summed E-state index contributed by atoms with van der Waals surface area (Å²) in [6.07, 6.45) is 3.37. The van der Waals surface area contributed by atoms with Gasteiger partial charge in [0, 0.05) is 4.90 Å². The van der Waals surface area contributed by atoms with Gasteiger partial charge in [-0.15, -0.1) is 11.8 Å². The lowest BCUT2D eigenvalue weighted by Crippen LogP contribution is -2.03. The zero-order valence-corrected chi connectivity index (χ0v) is 13.6.